The standard InChI is InChI=1S/C19H18N4O2S2/c24-16-9-4-10-22(16)17(25)13-27-19-21-20-18(15-8-5-11-26-15)23(19)12-14-6-2-1-3-7-14/h1-3,5-8,11H,4,9-10,12-13H2. The molecule has 0 unspecified atom stereocenters. The van der Waals surface area contributed by atoms with Gasteiger partial charge in [-0.05, 0) is 23.4 Å². The number of imide groups is 1. The lowest BCUT2D eigenvalue weighted by atomic mass is 10.2. The Bertz CT molecular complexity index is 938. The van der Waals surface area contributed by atoms with Crippen molar-refractivity contribution in [1.29, 1.82) is 0 Å². The number of nitrogens with zero attached hydrogens (tertiary/aromatic N) is 4. The zero-order valence-electron chi connectivity index (χ0n) is 14.6. The Balaban J connectivity index is 1.56. The zero-order chi connectivity index (χ0) is 18.6. The first-order valence-electron chi connectivity index (χ1n) is 8.69. The van der Waals surface area contributed by atoms with E-state index in [0.717, 1.165) is 22.7 Å². The summed E-state index contributed by atoms with van der Waals surface area (Å²) < 4.78 is 2.03. The van der Waals surface area contributed by atoms with Gasteiger partial charge in [0.15, 0.2) is 11.0 Å². The van der Waals surface area contributed by atoms with Gasteiger partial charge in [0.05, 0.1) is 17.2 Å². The molecule has 2 aromatic heterocycles. The summed E-state index contributed by atoms with van der Waals surface area (Å²) >= 11 is 2.94. The van der Waals surface area contributed by atoms with E-state index in [1.807, 2.05) is 40.3 Å². The number of rotatable bonds is 6. The van der Waals surface area contributed by atoms with Crippen LogP contribution in [0.5, 0.6) is 0 Å². The predicted molar refractivity (Wildman–Crippen MR) is 106 cm³/mol. The maximum atomic E-state index is 12.4. The molecule has 4 rings (SSSR count). The van der Waals surface area contributed by atoms with Gasteiger partial charge in [-0.15, -0.1) is 21.5 Å². The smallest absolute Gasteiger partial charge is 0.239 e. The van der Waals surface area contributed by atoms with Gasteiger partial charge >= 0.3 is 0 Å². The number of aromatic nitrogens is 3. The Morgan fingerprint density at radius 2 is 2.00 bits per heavy atom. The highest BCUT2D eigenvalue weighted by Gasteiger charge is 2.27. The third-order valence-electron chi connectivity index (χ3n) is 4.34. The number of hydrogen-bond acceptors (Lipinski definition) is 6. The van der Waals surface area contributed by atoms with Gasteiger partial charge in [0, 0.05) is 13.0 Å². The fourth-order valence-corrected chi connectivity index (χ4v) is 4.54. The normalized spacial score (nSPS) is 14.1. The van der Waals surface area contributed by atoms with E-state index in [4.69, 9.17) is 0 Å². The third kappa shape index (κ3) is 3.96. The van der Waals surface area contributed by atoms with E-state index in [1.54, 1.807) is 11.3 Å². The molecule has 27 heavy (non-hydrogen) atoms. The van der Waals surface area contributed by atoms with Crippen molar-refractivity contribution in [3.8, 4) is 10.7 Å². The Kier molecular flexibility index (Phi) is 5.35. The number of thiophene rings is 1. The second kappa shape index (κ2) is 8.06. The summed E-state index contributed by atoms with van der Waals surface area (Å²) in [7, 11) is 0. The second-order valence-electron chi connectivity index (χ2n) is 6.19. The topological polar surface area (TPSA) is 68.1 Å². The van der Waals surface area contributed by atoms with Crippen LogP contribution < -0.4 is 0 Å². The van der Waals surface area contributed by atoms with Crippen LogP contribution in [0, 0.1) is 0 Å². The van der Waals surface area contributed by atoms with Crippen molar-refractivity contribution in [1.82, 2.24) is 19.7 Å². The average Bonchev–Trinajstić information content (AvgIpc) is 3.42. The van der Waals surface area contributed by atoms with E-state index in [0.29, 0.717) is 24.7 Å². The lowest BCUT2D eigenvalue weighted by Crippen LogP contribution is -2.33. The number of amides is 2. The van der Waals surface area contributed by atoms with Crippen LogP contribution >= 0.6 is 23.1 Å². The minimum Gasteiger partial charge on any atom is -0.297 e. The summed E-state index contributed by atoms with van der Waals surface area (Å²) in [6, 6.07) is 14.1. The Labute approximate surface area is 165 Å². The molecule has 138 valence electrons. The molecule has 2 amide bonds. The van der Waals surface area contributed by atoms with E-state index in [9.17, 15) is 9.59 Å². The van der Waals surface area contributed by atoms with Gasteiger partial charge in [-0.3, -0.25) is 19.1 Å². The molecule has 0 N–H and O–H groups in total. The molecule has 3 aromatic rings. The van der Waals surface area contributed by atoms with Crippen molar-refractivity contribution in [2.75, 3.05) is 12.3 Å². The predicted octanol–water partition coefficient (Wildman–Crippen LogP) is 3.30. The molecule has 0 saturated carbocycles. The monoisotopic (exact) mass is 398 g/mol. The largest absolute Gasteiger partial charge is 0.297 e. The molecule has 1 aliphatic heterocycles. The quantitative estimate of drug-likeness (QED) is 0.596. The van der Waals surface area contributed by atoms with Crippen molar-refractivity contribution in [2.45, 2.75) is 24.5 Å². The van der Waals surface area contributed by atoms with Gasteiger partial charge in [0.2, 0.25) is 11.8 Å². The molecule has 3 heterocycles. The van der Waals surface area contributed by atoms with E-state index in [-0.39, 0.29) is 17.6 Å². The number of benzene rings is 1. The van der Waals surface area contributed by atoms with Crippen molar-refractivity contribution < 1.29 is 9.59 Å². The molecule has 0 atom stereocenters. The Hall–Kier alpha value is -2.45. The van der Waals surface area contributed by atoms with Crippen LogP contribution in [0.15, 0.2) is 53.0 Å². The van der Waals surface area contributed by atoms with Crippen molar-refractivity contribution >= 4 is 34.9 Å². The van der Waals surface area contributed by atoms with E-state index in [2.05, 4.69) is 22.3 Å². The minimum absolute atomic E-state index is 0.0781. The third-order valence-corrected chi connectivity index (χ3v) is 6.16. The average molecular weight is 399 g/mol. The highest BCUT2D eigenvalue weighted by atomic mass is 32.2. The zero-order valence-corrected chi connectivity index (χ0v) is 16.2. The number of likely N-dealkylation sites (tertiary alicyclic amines) is 1. The maximum Gasteiger partial charge on any atom is 0.239 e. The highest BCUT2D eigenvalue weighted by molar-refractivity contribution is 7.99. The summed E-state index contributed by atoms with van der Waals surface area (Å²) in [4.78, 5) is 26.5. The van der Waals surface area contributed by atoms with Crippen molar-refractivity contribution in [3.63, 3.8) is 0 Å². The number of hydrogen-bond donors (Lipinski definition) is 0. The highest BCUT2D eigenvalue weighted by Crippen LogP contribution is 2.28. The first kappa shape index (κ1) is 17.9. The second-order valence-corrected chi connectivity index (χ2v) is 8.08. The molecule has 1 aromatic carbocycles. The van der Waals surface area contributed by atoms with Crippen LogP contribution in [-0.2, 0) is 16.1 Å². The van der Waals surface area contributed by atoms with Gasteiger partial charge in [0.25, 0.3) is 0 Å². The summed E-state index contributed by atoms with van der Waals surface area (Å²) in [6.07, 6.45) is 1.21. The van der Waals surface area contributed by atoms with E-state index in [1.165, 1.54) is 16.7 Å². The summed E-state index contributed by atoms with van der Waals surface area (Å²) in [5.74, 6) is 0.740. The molecule has 8 heteroatoms. The Morgan fingerprint density at radius 3 is 2.70 bits per heavy atom. The summed E-state index contributed by atoms with van der Waals surface area (Å²) in [5.41, 5.74) is 1.14. The van der Waals surface area contributed by atoms with Crippen LogP contribution in [-0.4, -0.2) is 43.8 Å². The molecular weight excluding hydrogens is 380 g/mol. The van der Waals surface area contributed by atoms with E-state index >= 15 is 0 Å². The number of carbonyl (C=O) groups is 2. The fourth-order valence-electron chi connectivity index (χ4n) is 3.01. The fraction of sp³-hybridized carbons (Fsp3) is 0.263. The first-order valence-corrected chi connectivity index (χ1v) is 10.6. The molecule has 6 nitrogen and oxygen atoms in total. The van der Waals surface area contributed by atoms with Crippen LogP contribution in [0.4, 0.5) is 0 Å². The number of thioether (sulfide) groups is 1. The number of carbonyl (C=O) groups excluding carboxylic acids is 2. The van der Waals surface area contributed by atoms with Crippen molar-refractivity contribution in [2.24, 2.45) is 0 Å². The van der Waals surface area contributed by atoms with Crippen LogP contribution in [0.25, 0.3) is 10.7 Å². The lowest BCUT2D eigenvalue weighted by molar-refractivity contribution is -0.140. The minimum atomic E-state index is -0.158. The van der Waals surface area contributed by atoms with E-state index < -0.39 is 0 Å². The summed E-state index contributed by atoms with van der Waals surface area (Å²) in [6.45, 7) is 1.15. The van der Waals surface area contributed by atoms with Crippen LogP contribution in [0.3, 0.4) is 0 Å². The van der Waals surface area contributed by atoms with Gasteiger partial charge in [-0.1, -0.05) is 48.2 Å². The molecule has 0 radical (unpaired) electrons. The molecule has 1 aliphatic rings. The van der Waals surface area contributed by atoms with Crippen LogP contribution in [0.2, 0.25) is 0 Å². The molecule has 0 aliphatic carbocycles. The first-order chi connectivity index (χ1) is 13.2. The molecule has 1 saturated heterocycles. The maximum absolute atomic E-state index is 12.4. The Morgan fingerprint density at radius 1 is 1.15 bits per heavy atom. The van der Waals surface area contributed by atoms with Gasteiger partial charge in [-0.2, -0.15) is 0 Å². The van der Waals surface area contributed by atoms with Crippen LogP contribution in [0.1, 0.15) is 18.4 Å². The summed E-state index contributed by atoms with van der Waals surface area (Å²) in [5, 5.41) is 11.4. The molecular formula is C19H18N4O2S2. The van der Waals surface area contributed by atoms with Gasteiger partial charge in [0.1, 0.15) is 0 Å². The SMILES string of the molecule is O=C1CCCN1C(=O)CSc1nnc(-c2cccs2)n1Cc1ccccc1. The molecule has 0 spiro atoms. The lowest BCUT2D eigenvalue weighted by Gasteiger charge is -2.13. The van der Waals surface area contributed by atoms with Gasteiger partial charge < -0.3 is 0 Å². The van der Waals surface area contributed by atoms with Gasteiger partial charge in [-0.25, -0.2) is 0 Å². The molecule has 1 fully saturated rings. The van der Waals surface area contributed by atoms with Crippen molar-refractivity contribution in [3.05, 3.63) is 53.4 Å². The molecule has 0 bridgehead atoms.